The number of hydrogen-bond acceptors (Lipinski definition) is 10. The lowest BCUT2D eigenvalue weighted by molar-refractivity contribution is -0.0136. The van der Waals surface area contributed by atoms with Crippen LogP contribution in [0.25, 0.3) is 64.6 Å². The summed E-state index contributed by atoms with van der Waals surface area (Å²) in [4.78, 5) is 0. The average molecular weight is 841 g/mol. The molecule has 10 heteroatoms. The highest BCUT2D eigenvalue weighted by Gasteiger charge is 2.15. The Bertz CT molecular complexity index is 2280. The van der Waals surface area contributed by atoms with Crippen LogP contribution in [0.1, 0.15) is 22.3 Å². The summed E-state index contributed by atoms with van der Waals surface area (Å²) in [5.74, 6) is 0. The van der Waals surface area contributed by atoms with E-state index in [0.29, 0.717) is 132 Å². The fourth-order valence-corrected chi connectivity index (χ4v) is 8.63. The fourth-order valence-electron chi connectivity index (χ4n) is 8.63. The summed E-state index contributed by atoms with van der Waals surface area (Å²) in [5, 5.41) is 14.8. The molecule has 0 unspecified atom stereocenters. The van der Waals surface area contributed by atoms with Crippen molar-refractivity contribution in [2.75, 3.05) is 106 Å². The third-order valence-corrected chi connectivity index (χ3v) is 11.7. The highest BCUT2D eigenvalue weighted by molar-refractivity contribution is 6.25. The van der Waals surface area contributed by atoms with Crippen LogP contribution in [-0.4, -0.2) is 106 Å². The lowest BCUT2D eigenvalue weighted by Crippen LogP contribution is -2.13. The Hall–Kier alpha value is -4.56. The van der Waals surface area contributed by atoms with E-state index in [1.165, 1.54) is 64.6 Å². The van der Waals surface area contributed by atoms with E-state index in [4.69, 9.17) is 47.4 Å². The number of hydrogen-bond donors (Lipinski definition) is 0. The van der Waals surface area contributed by atoms with Crippen LogP contribution in [0.4, 0.5) is 0 Å². The molecule has 0 N–H and O–H groups in total. The smallest absolute Gasteiger partial charge is 0.0724 e. The van der Waals surface area contributed by atoms with Gasteiger partial charge in [0.25, 0.3) is 0 Å². The van der Waals surface area contributed by atoms with Crippen LogP contribution in [0.5, 0.6) is 0 Å². The van der Waals surface area contributed by atoms with Crippen molar-refractivity contribution in [2.24, 2.45) is 0 Å². The number of rotatable bonds is 0. The molecule has 0 saturated carbocycles. The Morgan fingerprint density at radius 3 is 0.581 bits per heavy atom. The van der Waals surface area contributed by atoms with Gasteiger partial charge in [-0.3, -0.25) is 0 Å². The molecule has 324 valence electrons. The summed E-state index contributed by atoms with van der Waals surface area (Å²) in [7, 11) is 0. The second kappa shape index (κ2) is 21.7. The second-order valence-electron chi connectivity index (χ2n) is 15.6. The fraction of sp³-hybridized carbons (Fsp3) is 0.385. The Kier molecular flexibility index (Phi) is 14.9. The summed E-state index contributed by atoms with van der Waals surface area (Å²) in [5.41, 5.74) is 4.65. The third kappa shape index (κ3) is 10.1. The predicted molar refractivity (Wildman–Crippen MR) is 244 cm³/mol. The van der Waals surface area contributed by atoms with Gasteiger partial charge in [0.05, 0.1) is 132 Å². The zero-order valence-corrected chi connectivity index (χ0v) is 35.5. The van der Waals surface area contributed by atoms with Crippen LogP contribution in [0.2, 0.25) is 0 Å². The maximum atomic E-state index is 6.09. The molecule has 0 saturated heterocycles. The zero-order valence-electron chi connectivity index (χ0n) is 35.5. The van der Waals surface area contributed by atoms with Gasteiger partial charge in [0.2, 0.25) is 0 Å². The third-order valence-electron chi connectivity index (χ3n) is 11.7. The largest absolute Gasteiger partial charge is 0.377 e. The van der Waals surface area contributed by atoms with Crippen molar-refractivity contribution in [3.63, 3.8) is 0 Å². The number of benzene rings is 8. The minimum Gasteiger partial charge on any atom is -0.377 e. The molecule has 0 fully saturated rings. The standard InChI is InChI=1S/C52H56O10/c1-5-41-33-59-29-25-55-21-17-53-18-23-57-27-31-61-35-43-7-3-39-12-16-48-44(8-4-40-11-15-47(43)51(39)52(40)48)36-62-32-28-58-24-20-54-19-22-56-26-30-60-34-42-6-2-38-10-14-45(41)49-37(1)9-13-46(42)50(38)49/h1-16H,17-36H2. The van der Waals surface area contributed by atoms with E-state index in [1.54, 1.807) is 0 Å². The minimum absolute atomic E-state index is 0.503. The topological polar surface area (TPSA) is 92.3 Å². The van der Waals surface area contributed by atoms with E-state index in [1.807, 2.05) is 0 Å². The normalized spacial score (nSPS) is 18.3. The van der Waals surface area contributed by atoms with E-state index in [-0.39, 0.29) is 0 Å². The molecular weight excluding hydrogens is 785 g/mol. The molecule has 9 rings (SSSR count). The van der Waals surface area contributed by atoms with Gasteiger partial charge in [-0.2, -0.15) is 0 Å². The Balaban J connectivity index is 0.785. The first kappa shape index (κ1) is 42.7. The quantitative estimate of drug-likeness (QED) is 0.138. The van der Waals surface area contributed by atoms with Gasteiger partial charge in [-0.1, -0.05) is 97.1 Å². The molecule has 1 heterocycles. The van der Waals surface area contributed by atoms with Crippen LogP contribution < -0.4 is 0 Å². The predicted octanol–water partition coefficient (Wildman–Crippen LogP) is 9.36. The summed E-state index contributed by atoms with van der Waals surface area (Å²) < 4.78 is 59.0. The molecule has 0 amide bonds. The van der Waals surface area contributed by atoms with Gasteiger partial charge in [-0.15, -0.1) is 0 Å². The Morgan fingerprint density at radius 1 is 0.194 bits per heavy atom. The maximum absolute atomic E-state index is 6.09. The van der Waals surface area contributed by atoms with E-state index in [2.05, 4.69) is 97.1 Å². The lowest BCUT2D eigenvalue weighted by Gasteiger charge is -2.16. The first-order valence-corrected chi connectivity index (χ1v) is 22.0. The van der Waals surface area contributed by atoms with Crippen molar-refractivity contribution in [3.8, 4) is 0 Å². The maximum Gasteiger partial charge on any atom is 0.0724 e. The molecule has 0 radical (unpaired) electrons. The monoisotopic (exact) mass is 840 g/mol. The van der Waals surface area contributed by atoms with Crippen LogP contribution in [0.15, 0.2) is 97.1 Å². The SMILES string of the molecule is c1cc2ccc3c4ccc5ccc(c1COCCOCCOCCOCCOCc1ccc6ccc7c(ccc8ccc1c6c87)COCCOCCOCCOCCOC4)c2c53. The molecule has 0 aromatic heterocycles. The summed E-state index contributed by atoms with van der Waals surface area (Å²) in [6.07, 6.45) is 0. The van der Waals surface area contributed by atoms with Crippen molar-refractivity contribution in [3.05, 3.63) is 119 Å². The molecule has 8 aromatic carbocycles. The zero-order chi connectivity index (χ0) is 41.8. The molecule has 10 nitrogen and oxygen atoms in total. The van der Waals surface area contributed by atoms with E-state index in [9.17, 15) is 0 Å². The molecule has 0 atom stereocenters. The molecule has 8 aromatic rings. The van der Waals surface area contributed by atoms with Crippen molar-refractivity contribution < 1.29 is 47.4 Å². The lowest BCUT2D eigenvalue weighted by atomic mass is 9.90. The van der Waals surface area contributed by atoms with Crippen molar-refractivity contribution in [1.82, 2.24) is 0 Å². The van der Waals surface area contributed by atoms with Crippen molar-refractivity contribution in [2.45, 2.75) is 26.4 Å². The Morgan fingerprint density at radius 2 is 0.371 bits per heavy atom. The van der Waals surface area contributed by atoms with Crippen LogP contribution in [0.3, 0.4) is 0 Å². The molecule has 0 spiro atoms. The molecule has 0 aliphatic carbocycles. The van der Waals surface area contributed by atoms with Crippen LogP contribution >= 0.6 is 0 Å². The number of ether oxygens (including phenoxy) is 10. The first-order valence-electron chi connectivity index (χ1n) is 22.0. The highest BCUT2D eigenvalue weighted by Crippen LogP contribution is 2.39. The molecule has 12 bridgehead atoms. The first-order chi connectivity index (χ1) is 30.8. The van der Waals surface area contributed by atoms with Gasteiger partial charge in [0.1, 0.15) is 0 Å². The summed E-state index contributed by atoms with van der Waals surface area (Å²) >= 11 is 0. The van der Waals surface area contributed by atoms with E-state index in [0.717, 1.165) is 22.3 Å². The molecule has 1 aliphatic heterocycles. The average Bonchev–Trinajstić information content (AvgIpc) is 3.30. The second-order valence-corrected chi connectivity index (χ2v) is 15.6. The Labute approximate surface area is 362 Å². The van der Waals surface area contributed by atoms with E-state index >= 15 is 0 Å². The molecular formula is C52H56O10. The molecule has 62 heavy (non-hydrogen) atoms. The van der Waals surface area contributed by atoms with E-state index < -0.39 is 0 Å². The van der Waals surface area contributed by atoms with Crippen molar-refractivity contribution >= 4 is 64.6 Å². The van der Waals surface area contributed by atoms with Gasteiger partial charge < -0.3 is 47.4 Å². The summed E-state index contributed by atoms with van der Waals surface area (Å²) in [6, 6.07) is 35.2. The molecule has 1 aliphatic rings. The van der Waals surface area contributed by atoms with Gasteiger partial charge in [-0.25, -0.2) is 0 Å². The van der Waals surface area contributed by atoms with Crippen LogP contribution in [0, 0.1) is 0 Å². The summed E-state index contributed by atoms with van der Waals surface area (Å²) in [6.45, 7) is 10.1. The van der Waals surface area contributed by atoms with Gasteiger partial charge in [0, 0.05) is 0 Å². The van der Waals surface area contributed by atoms with Gasteiger partial charge in [0.15, 0.2) is 0 Å². The van der Waals surface area contributed by atoms with Gasteiger partial charge in [-0.05, 0) is 86.9 Å². The highest BCUT2D eigenvalue weighted by atomic mass is 16.6. The van der Waals surface area contributed by atoms with Crippen molar-refractivity contribution in [1.29, 1.82) is 0 Å². The minimum atomic E-state index is 0.503. The van der Waals surface area contributed by atoms with Crippen LogP contribution in [-0.2, 0) is 73.8 Å². The van der Waals surface area contributed by atoms with Gasteiger partial charge >= 0.3 is 0 Å².